The van der Waals surface area contributed by atoms with Crippen LogP contribution in [0.2, 0.25) is 0 Å². The molecule has 1 aromatic rings. The first kappa shape index (κ1) is 5.75. The van der Waals surface area contributed by atoms with Crippen molar-refractivity contribution in [2.45, 2.75) is 0 Å². The number of nitrogens with zero attached hydrogens (tertiary/aromatic N) is 1. The van der Waals surface area contributed by atoms with Gasteiger partial charge in [0, 0.05) is 5.69 Å². The molecule has 0 aliphatic carbocycles. The second-order valence-electron chi connectivity index (χ2n) is 1.68. The van der Waals surface area contributed by atoms with Crippen LogP contribution in [0.3, 0.4) is 0 Å². The van der Waals surface area contributed by atoms with E-state index in [2.05, 4.69) is 5.18 Å². The van der Waals surface area contributed by atoms with Gasteiger partial charge in [0.2, 0.25) is 0 Å². The van der Waals surface area contributed by atoms with Gasteiger partial charge in [-0.1, -0.05) is 0 Å². The van der Waals surface area contributed by atoms with E-state index in [1.165, 1.54) is 0 Å². The quantitative estimate of drug-likeness (QED) is 0.455. The Morgan fingerprint density at radius 2 is 1.78 bits per heavy atom. The normalized spacial score (nSPS) is 8.89. The maximum Gasteiger partial charge on any atom is 0.108 e. The van der Waals surface area contributed by atoms with Crippen molar-refractivity contribution >= 4 is 11.4 Å². The number of benzene rings is 1. The summed E-state index contributed by atoms with van der Waals surface area (Å²) < 4.78 is 0. The van der Waals surface area contributed by atoms with Crippen LogP contribution in [-0.4, -0.2) is 0 Å². The van der Waals surface area contributed by atoms with E-state index in [1.807, 2.05) is 0 Å². The number of hydrogen-bond acceptors (Lipinski definition) is 3. The molecule has 3 nitrogen and oxygen atoms in total. The van der Waals surface area contributed by atoms with E-state index in [0.29, 0.717) is 11.4 Å². The van der Waals surface area contributed by atoms with Gasteiger partial charge in [-0.25, -0.2) is 0 Å². The Balaban J connectivity index is 3.01. The highest BCUT2D eigenvalue weighted by Crippen LogP contribution is 2.12. The van der Waals surface area contributed by atoms with Crippen LogP contribution in [0, 0.1) is 4.91 Å². The van der Waals surface area contributed by atoms with Gasteiger partial charge in [-0.2, -0.15) is 0 Å². The van der Waals surface area contributed by atoms with Gasteiger partial charge in [-0.05, 0) is 29.4 Å². The van der Waals surface area contributed by atoms with Crippen molar-refractivity contribution in [1.29, 1.82) is 0 Å². The fourth-order valence-corrected chi connectivity index (χ4v) is 0.535. The Morgan fingerprint density at radius 1 is 1.22 bits per heavy atom. The monoisotopic (exact) mass is 122 g/mol. The Labute approximate surface area is 52.5 Å². The highest BCUT2D eigenvalue weighted by molar-refractivity contribution is 5.47. The highest BCUT2D eigenvalue weighted by Gasteiger charge is 1.86. The van der Waals surface area contributed by atoms with E-state index in [0.717, 1.165) is 0 Å². The number of nitrogen functional groups attached to an aromatic ring is 1. The average molecular weight is 122 g/mol. The lowest BCUT2D eigenvalue weighted by molar-refractivity contribution is 1.50. The van der Waals surface area contributed by atoms with E-state index in [-0.39, 0.29) is 0 Å². The van der Waals surface area contributed by atoms with Gasteiger partial charge in [0.15, 0.2) is 0 Å². The van der Waals surface area contributed by atoms with E-state index < -0.39 is 0 Å². The molecule has 0 amide bonds. The van der Waals surface area contributed by atoms with Gasteiger partial charge < -0.3 is 5.73 Å². The average Bonchev–Trinajstić information content (AvgIpc) is 1.90. The van der Waals surface area contributed by atoms with Crippen molar-refractivity contribution in [3.8, 4) is 0 Å². The summed E-state index contributed by atoms with van der Waals surface area (Å²) in [6.45, 7) is 0. The third-order valence-electron chi connectivity index (χ3n) is 0.998. The number of rotatable bonds is 1. The maximum absolute atomic E-state index is 9.83. The second kappa shape index (κ2) is 2.26. The first-order valence-corrected chi connectivity index (χ1v) is 2.52. The molecule has 0 heterocycles. The Kier molecular flexibility index (Phi) is 1.44. The predicted molar refractivity (Wildman–Crippen MR) is 36.3 cm³/mol. The van der Waals surface area contributed by atoms with Crippen molar-refractivity contribution in [2.24, 2.45) is 5.18 Å². The molecule has 0 fully saturated rings. The van der Waals surface area contributed by atoms with Crippen molar-refractivity contribution in [3.63, 3.8) is 0 Å². The third-order valence-corrected chi connectivity index (χ3v) is 0.998. The van der Waals surface area contributed by atoms with Crippen LogP contribution in [0.25, 0.3) is 0 Å². The summed E-state index contributed by atoms with van der Waals surface area (Å²) in [6.07, 6.45) is 0. The lowest BCUT2D eigenvalue weighted by Crippen LogP contribution is -1.80. The van der Waals surface area contributed by atoms with Gasteiger partial charge in [0.1, 0.15) is 5.69 Å². The predicted octanol–water partition coefficient (Wildman–Crippen LogP) is 1.67. The summed E-state index contributed by atoms with van der Waals surface area (Å²) >= 11 is 0. The molecule has 0 aliphatic rings. The minimum atomic E-state index is 0.407. The number of nitroso groups, excluding NO2 is 1. The zero-order valence-electron chi connectivity index (χ0n) is 4.74. The molecule has 0 atom stereocenters. The van der Waals surface area contributed by atoms with Crippen LogP contribution in [0.1, 0.15) is 0 Å². The van der Waals surface area contributed by atoms with Crippen molar-refractivity contribution < 1.29 is 0 Å². The number of anilines is 1. The summed E-state index contributed by atoms with van der Waals surface area (Å²) in [4.78, 5) is 9.83. The van der Waals surface area contributed by atoms with E-state index >= 15 is 0 Å². The van der Waals surface area contributed by atoms with Crippen LogP contribution in [0.5, 0.6) is 0 Å². The summed E-state index contributed by atoms with van der Waals surface area (Å²) in [6, 6.07) is 6.41. The molecule has 46 valence electrons. The summed E-state index contributed by atoms with van der Waals surface area (Å²) in [7, 11) is 0. The molecule has 0 saturated heterocycles. The lowest BCUT2D eigenvalue weighted by atomic mass is 10.3. The molecule has 0 radical (unpaired) electrons. The van der Waals surface area contributed by atoms with Crippen molar-refractivity contribution in [2.75, 3.05) is 5.73 Å². The minimum Gasteiger partial charge on any atom is -0.399 e. The maximum atomic E-state index is 9.83. The summed E-state index contributed by atoms with van der Waals surface area (Å²) in [5, 5.41) is 2.71. The van der Waals surface area contributed by atoms with Crippen LogP contribution in [0.4, 0.5) is 11.4 Å². The molecule has 2 N–H and O–H groups in total. The molecule has 0 aliphatic heterocycles. The smallest absolute Gasteiger partial charge is 0.108 e. The molecule has 0 bridgehead atoms. The van der Waals surface area contributed by atoms with Gasteiger partial charge in [-0.3, -0.25) is 0 Å². The highest BCUT2D eigenvalue weighted by atomic mass is 16.3. The lowest BCUT2D eigenvalue weighted by Gasteiger charge is -1.88. The molecule has 0 aromatic heterocycles. The SMILES string of the molecule is Nc1ccc(N=O)cc1. The van der Waals surface area contributed by atoms with Gasteiger partial charge >= 0.3 is 0 Å². The number of nitrogens with two attached hydrogens (primary N) is 1. The van der Waals surface area contributed by atoms with Crippen LogP contribution < -0.4 is 5.73 Å². The summed E-state index contributed by atoms with van der Waals surface area (Å²) in [5.41, 5.74) is 6.39. The van der Waals surface area contributed by atoms with Gasteiger partial charge in [0.05, 0.1) is 0 Å². The van der Waals surface area contributed by atoms with Crippen molar-refractivity contribution in [3.05, 3.63) is 29.2 Å². The first-order chi connectivity index (χ1) is 4.33. The Hall–Kier alpha value is -1.38. The van der Waals surface area contributed by atoms with Crippen molar-refractivity contribution in [1.82, 2.24) is 0 Å². The van der Waals surface area contributed by atoms with Gasteiger partial charge in [-0.15, -0.1) is 4.91 Å². The molecule has 3 heteroatoms. The third kappa shape index (κ3) is 1.25. The van der Waals surface area contributed by atoms with Crippen LogP contribution in [-0.2, 0) is 0 Å². The Morgan fingerprint density at radius 3 is 2.22 bits per heavy atom. The Bertz CT molecular complexity index is 205. The molecular weight excluding hydrogens is 116 g/mol. The fraction of sp³-hybridized carbons (Fsp3) is 0. The molecule has 0 spiro atoms. The second-order valence-corrected chi connectivity index (χ2v) is 1.68. The number of hydrogen-bond donors (Lipinski definition) is 1. The van der Waals surface area contributed by atoms with Gasteiger partial charge in [0.25, 0.3) is 0 Å². The van der Waals surface area contributed by atoms with Crippen LogP contribution >= 0.6 is 0 Å². The fourth-order valence-electron chi connectivity index (χ4n) is 0.535. The molecule has 9 heavy (non-hydrogen) atoms. The molecule has 1 rings (SSSR count). The molecule has 0 unspecified atom stereocenters. The van der Waals surface area contributed by atoms with Crippen LogP contribution in [0.15, 0.2) is 29.4 Å². The van der Waals surface area contributed by atoms with E-state index in [9.17, 15) is 4.91 Å². The van der Waals surface area contributed by atoms with E-state index in [4.69, 9.17) is 5.73 Å². The largest absolute Gasteiger partial charge is 0.399 e. The molecule has 0 saturated carbocycles. The minimum absolute atomic E-state index is 0.407. The zero-order chi connectivity index (χ0) is 6.69. The summed E-state index contributed by atoms with van der Waals surface area (Å²) in [5.74, 6) is 0. The standard InChI is InChI=1S/C6H6N2O/c7-5-1-3-6(8-9)4-2-5/h1-4H,7H2. The molecule has 1 aromatic carbocycles. The topological polar surface area (TPSA) is 55.4 Å². The first-order valence-electron chi connectivity index (χ1n) is 2.52. The zero-order valence-corrected chi connectivity index (χ0v) is 4.74. The van der Waals surface area contributed by atoms with E-state index in [1.54, 1.807) is 24.3 Å². The molecular formula is C6H6N2O.